The van der Waals surface area contributed by atoms with Gasteiger partial charge in [-0.2, -0.15) is 0 Å². The zero-order chi connectivity index (χ0) is 13.8. The summed E-state index contributed by atoms with van der Waals surface area (Å²) in [4.78, 5) is 2.35. The van der Waals surface area contributed by atoms with Gasteiger partial charge in [0, 0.05) is 29.8 Å². The summed E-state index contributed by atoms with van der Waals surface area (Å²) in [6.07, 6.45) is 2.01. The van der Waals surface area contributed by atoms with E-state index in [1.54, 1.807) is 0 Å². The molecule has 1 heterocycles. The Labute approximate surface area is 120 Å². The van der Waals surface area contributed by atoms with Crippen molar-refractivity contribution in [3.63, 3.8) is 0 Å². The first kappa shape index (κ1) is 14.8. The van der Waals surface area contributed by atoms with E-state index in [2.05, 4.69) is 24.9 Å². The molecule has 3 atom stereocenters. The maximum Gasteiger partial charge on any atom is 0.0622 e. The van der Waals surface area contributed by atoms with E-state index in [1.807, 2.05) is 18.2 Å². The van der Waals surface area contributed by atoms with E-state index < -0.39 is 0 Å². The van der Waals surface area contributed by atoms with Crippen LogP contribution in [0.3, 0.4) is 0 Å². The van der Waals surface area contributed by atoms with Gasteiger partial charge in [-0.25, -0.2) is 0 Å². The number of hydrogen-bond donors (Lipinski definition) is 1. The number of benzene rings is 1. The molecule has 1 aliphatic rings. The smallest absolute Gasteiger partial charge is 0.0622 e. The Bertz CT molecular complexity index is 407. The second-order valence-corrected chi connectivity index (χ2v) is 5.69. The highest BCUT2D eigenvalue weighted by Crippen LogP contribution is 2.29. The summed E-state index contributed by atoms with van der Waals surface area (Å²) >= 11 is 6.12. The van der Waals surface area contributed by atoms with Crippen molar-refractivity contribution in [3.8, 4) is 0 Å². The molecule has 4 heteroatoms. The maximum absolute atomic E-state index is 6.34. The molecular weight excluding hydrogens is 260 g/mol. The summed E-state index contributed by atoms with van der Waals surface area (Å²) < 4.78 is 5.49. The third-order valence-electron chi connectivity index (χ3n) is 3.99. The lowest BCUT2D eigenvalue weighted by atomic mass is 9.95. The van der Waals surface area contributed by atoms with E-state index in [0.717, 1.165) is 31.1 Å². The van der Waals surface area contributed by atoms with Gasteiger partial charge in [-0.15, -0.1) is 0 Å². The van der Waals surface area contributed by atoms with Gasteiger partial charge >= 0.3 is 0 Å². The number of ether oxygens (including phenoxy) is 1. The molecule has 106 valence electrons. The van der Waals surface area contributed by atoms with Gasteiger partial charge in [-0.3, -0.25) is 4.90 Å². The lowest BCUT2D eigenvalue weighted by Gasteiger charge is -2.36. The van der Waals surface area contributed by atoms with Gasteiger partial charge in [-0.05, 0) is 37.6 Å². The lowest BCUT2D eigenvalue weighted by molar-refractivity contribution is 0.119. The Morgan fingerprint density at radius 1 is 1.53 bits per heavy atom. The summed E-state index contributed by atoms with van der Waals surface area (Å²) in [7, 11) is 2.14. The van der Waals surface area contributed by atoms with Gasteiger partial charge in [0.05, 0.1) is 6.61 Å². The van der Waals surface area contributed by atoms with Crippen LogP contribution in [0.15, 0.2) is 24.3 Å². The quantitative estimate of drug-likeness (QED) is 0.902. The van der Waals surface area contributed by atoms with Crippen molar-refractivity contribution in [1.82, 2.24) is 4.90 Å². The summed E-state index contributed by atoms with van der Waals surface area (Å²) in [5.41, 5.74) is 7.53. The van der Waals surface area contributed by atoms with Crippen molar-refractivity contribution < 1.29 is 4.74 Å². The Hall–Kier alpha value is -0.610. The van der Waals surface area contributed by atoms with E-state index in [1.165, 1.54) is 5.56 Å². The summed E-state index contributed by atoms with van der Waals surface area (Å²) in [5, 5.41) is 0.766. The molecule has 0 amide bonds. The van der Waals surface area contributed by atoms with Crippen LogP contribution in [-0.4, -0.2) is 37.2 Å². The monoisotopic (exact) mass is 282 g/mol. The zero-order valence-corrected chi connectivity index (χ0v) is 12.4. The van der Waals surface area contributed by atoms with Crippen LogP contribution in [0.1, 0.15) is 31.4 Å². The molecule has 1 saturated heterocycles. The van der Waals surface area contributed by atoms with Crippen LogP contribution >= 0.6 is 11.6 Å². The Kier molecular flexibility index (Phi) is 5.22. The van der Waals surface area contributed by atoms with Crippen LogP contribution in [0, 0.1) is 0 Å². The summed E-state index contributed by atoms with van der Waals surface area (Å²) in [6.45, 7) is 3.77. The van der Waals surface area contributed by atoms with Crippen molar-refractivity contribution in [2.75, 3.05) is 20.3 Å². The Balaban J connectivity index is 2.24. The first-order valence-corrected chi connectivity index (χ1v) is 7.32. The third-order valence-corrected chi connectivity index (χ3v) is 4.22. The average Bonchev–Trinajstić information content (AvgIpc) is 2.92. The molecule has 1 aromatic rings. The molecule has 0 radical (unpaired) electrons. The summed E-state index contributed by atoms with van der Waals surface area (Å²) in [6, 6.07) is 8.76. The molecule has 0 aliphatic carbocycles. The van der Waals surface area contributed by atoms with Crippen molar-refractivity contribution in [2.45, 2.75) is 37.9 Å². The van der Waals surface area contributed by atoms with Crippen LogP contribution < -0.4 is 5.73 Å². The second-order valence-electron chi connectivity index (χ2n) is 5.25. The van der Waals surface area contributed by atoms with E-state index >= 15 is 0 Å². The summed E-state index contributed by atoms with van der Waals surface area (Å²) in [5.74, 6) is 0. The largest absolute Gasteiger partial charge is 0.380 e. The molecule has 3 unspecified atom stereocenters. The molecule has 1 aromatic carbocycles. The molecule has 0 spiro atoms. The highest BCUT2D eigenvalue weighted by molar-refractivity contribution is 6.30. The van der Waals surface area contributed by atoms with Gasteiger partial charge in [0.1, 0.15) is 0 Å². The predicted molar refractivity (Wildman–Crippen MR) is 79.4 cm³/mol. The van der Waals surface area contributed by atoms with Crippen LogP contribution in [0.2, 0.25) is 5.02 Å². The normalized spacial score (nSPS) is 22.7. The van der Waals surface area contributed by atoms with E-state index in [4.69, 9.17) is 22.1 Å². The number of likely N-dealkylation sites (N-methyl/N-ethyl adjacent to an activating group) is 1. The fraction of sp³-hybridized carbons (Fsp3) is 0.600. The molecule has 3 nitrogen and oxygen atoms in total. The van der Waals surface area contributed by atoms with Crippen molar-refractivity contribution in [2.24, 2.45) is 5.73 Å². The number of hydrogen-bond acceptors (Lipinski definition) is 3. The van der Waals surface area contributed by atoms with Crippen LogP contribution in [-0.2, 0) is 4.74 Å². The number of rotatable bonds is 5. The lowest BCUT2D eigenvalue weighted by Crippen LogP contribution is -2.44. The minimum absolute atomic E-state index is 0.101. The molecule has 1 fully saturated rings. The van der Waals surface area contributed by atoms with Crippen molar-refractivity contribution in [1.29, 1.82) is 0 Å². The van der Waals surface area contributed by atoms with Gasteiger partial charge < -0.3 is 10.5 Å². The highest BCUT2D eigenvalue weighted by atomic mass is 35.5. The van der Waals surface area contributed by atoms with E-state index in [0.29, 0.717) is 6.04 Å². The van der Waals surface area contributed by atoms with Crippen molar-refractivity contribution >= 4 is 11.6 Å². The topological polar surface area (TPSA) is 38.5 Å². The fourth-order valence-electron chi connectivity index (χ4n) is 2.77. The standard InChI is InChI=1S/C15H23ClN2O/c1-3-14(17)15(11-5-4-6-12(16)9-11)18(2)13-7-8-19-10-13/h4-6,9,13-15H,3,7-8,10,17H2,1-2H3. The van der Waals surface area contributed by atoms with Crippen LogP contribution in [0.4, 0.5) is 0 Å². The molecule has 0 bridgehead atoms. The molecule has 0 aromatic heterocycles. The maximum atomic E-state index is 6.34. The second kappa shape index (κ2) is 6.71. The minimum atomic E-state index is 0.101. The third kappa shape index (κ3) is 3.48. The number of halogens is 1. The first-order chi connectivity index (χ1) is 9.13. The van der Waals surface area contributed by atoms with Gasteiger partial charge in [-0.1, -0.05) is 30.7 Å². The fourth-order valence-corrected chi connectivity index (χ4v) is 2.97. The van der Waals surface area contributed by atoms with Crippen LogP contribution in [0.25, 0.3) is 0 Å². The predicted octanol–water partition coefficient (Wildman–Crippen LogP) is 2.84. The molecule has 0 saturated carbocycles. The average molecular weight is 283 g/mol. The molecule has 2 rings (SSSR count). The van der Waals surface area contributed by atoms with Gasteiger partial charge in [0.25, 0.3) is 0 Å². The first-order valence-electron chi connectivity index (χ1n) is 6.94. The highest BCUT2D eigenvalue weighted by Gasteiger charge is 2.30. The minimum Gasteiger partial charge on any atom is -0.380 e. The number of nitrogens with zero attached hydrogens (tertiary/aromatic N) is 1. The zero-order valence-electron chi connectivity index (χ0n) is 11.7. The van der Waals surface area contributed by atoms with E-state index in [-0.39, 0.29) is 12.1 Å². The van der Waals surface area contributed by atoms with Gasteiger partial charge in [0.15, 0.2) is 0 Å². The SMILES string of the molecule is CCC(N)C(c1cccc(Cl)c1)N(C)C1CCOC1. The Morgan fingerprint density at radius 2 is 2.32 bits per heavy atom. The van der Waals surface area contributed by atoms with Gasteiger partial charge in [0.2, 0.25) is 0 Å². The van der Waals surface area contributed by atoms with Crippen LogP contribution in [0.5, 0.6) is 0 Å². The molecule has 19 heavy (non-hydrogen) atoms. The number of nitrogens with two attached hydrogens (primary N) is 1. The Morgan fingerprint density at radius 3 is 2.89 bits per heavy atom. The van der Waals surface area contributed by atoms with E-state index in [9.17, 15) is 0 Å². The molecular formula is C15H23ClN2O. The molecule has 1 aliphatic heterocycles. The molecule has 2 N–H and O–H groups in total. The van der Waals surface area contributed by atoms with Crippen molar-refractivity contribution in [3.05, 3.63) is 34.9 Å².